The fourth-order valence-electron chi connectivity index (χ4n) is 1.41. The Bertz CT molecular complexity index is 425. The Kier molecular flexibility index (Phi) is 6.66. The van der Waals surface area contributed by atoms with Crippen LogP contribution >= 0.6 is 11.8 Å². The third-order valence-corrected chi connectivity index (χ3v) is 3.82. The summed E-state index contributed by atoms with van der Waals surface area (Å²) in [4.78, 5) is 11.4. The van der Waals surface area contributed by atoms with Crippen molar-refractivity contribution >= 4 is 17.4 Å². The number of benzene rings is 1. The minimum Gasteiger partial charge on any atom is -0.487 e. The van der Waals surface area contributed by atoms with Gasteiger partial charge >= 0.3 is 5.69 Å². The van der Waals surface area contributed by atoms with Gasteiger partial charge < -0.3 is 9.84 Å². The van der Waals surface area contributed by atoms with E-state index in [1.165, 1.54) is 11.8 Å². The predicted molar refractivity (Wildman–Crippen MR) is 75.9 cm³/mol. The molecule has 1 aromatic rings. The van der Waals surface area contributed by atoms with Crippen molar-refractivity contribution in [1.82, 2.24) is 0 Å². The van der Waals surface area contributed by atoms with E-state index in [1.54, 1.807) is 18.2 Å². The molecule has 0 aromatic heterocycles. The van der Waals surface area contributed by atoms with Crippen LogP contribution in [0.3, 0.4) is 0 Å². The number of thioether (sulfide) groups is 1. The van der Waals surface area contributed by atoms with Gasteiger partial charge in [0.05, 0.1) is 16.4 Å². The van der Waals surface area contributed by atoms with E-state index in [9.17, 15) is 10.1 Å². The lowest BCUT2D eigenvalue weighted by Gasteiger charge is -2.10. The third kappa shape index (κ3) is 4.72. The van der Waals surface area contributed by atoms with E-state index < -0.39 is 4.92 Å². The first-order chi connectivity index (χ1) is 9.10. The van der Waals surface area contributed by atoms with Gasteiger partial charge in [0.15, 0.2) is 5.75 Å². The van der Waals surface area contributed by atoms with Gasteiger partial charge in [0.25, 0.3) is 0 Å². The van der Waals surface area contributed by atoms with E-state index in [2.05, 4.69) is 0 Å². The maximum absolute atomic E-state index is 11.2. The fraction of sp³-hybridized carbons (Fsp3) is 0.538. The molecule has 1 N–H and O–H groups in total. The number of aliphatic hydroxyl groups is 1. The average Bonchev–Trinajstić information content (AvgIpc) is 2.41. The minimum absolute atomic E-state index is 0.0195. The molecule has 0 aliphatic carbocycles. The molecule has 0 saturated heterocycles. The molecule has 0 spiro atoms. The molecule has 5 nitrogen and oxygen atoms in total. The molecule has 1 unspecified atom stereocenters. The number of hydrogen-bond acceptors (Lipinski definition) is 5. The van der Waals surface area contributed by atoms with Crippen LogP contribution in [-0.2, 0) is 0 Å². The van der Waals surface area contributed by atoms with E-state index in [-0.39, 0.29) is 18.2 Å². The predicted octanol–water partition coefficient (Wildman–Crippen LogP) is 3.10. The number of para-hydroxylation sites is 1. The summed E-state index contributed by atoms with van der Waals surface area (Å²) >= 11 is 1.37. The highest BCUT2D eigenvalue weighted by atomic mass is 32.2. The zero-order chi connectivity index (χ0) is 14.3. The first-order valence-electron chi connectivity index (χ1n) is 6.24. The maximum Gasteiger partial charge on any atom is 0.324 e. The smallest absolute Gasteiger partial charge is 0.324 e. The number of aliphatic hydroxyl groups excluding tert-OH is 1. The summed E-state index contributed by atoms with van der Waals surface area (Å²) in [5, 5.41) is 20.2. The molecule has 1 aromatic carbocycles. The van der Waals surface area contributed by atoms with Crippen LogP contribution in [0.15, 0.2) is 23.1 Å². The number of nitrogens with zero attached hydrogens (tertiary/aromatic N) is 1. The van der Waals surface area contributed by atoms with Crippen molar-refractivity contribution < 1.29 is 14.8 Å². The minimum atomic E-state index is -0.406. The molecule has 1 atom stereocenters. The second-order valence-electron chi connectivity index (χ2n) is 4.31. The van der Waals surface area contributed by atoms with Crippen LogP contribution in [-0.4, -0.2) is 29.0 Å². The Morgan fingerprint density at radius 1 is 1.53 bits per heavy atom. The van der Waals surface area contributed by atoms with Crippen molar-refractivity contribution in [1.29, 1.82) is 0 Å². The standard InChI is InChI=1S/C13H19NO4S/c1-3-7-18-11-5-4-6-12(13(11)14(16)17)19-9-10(2)8-15/h4-6,10,15H,3,7-9H2,1-2H3. The Labute approximate surface area is 117 Å². The average molecular weight is 285 g/mol. The Balaban J connectivity index is 2.92. The van der Waals surface area contributed by atoms with Gasteiger partial charge in [-0.3, -0.25) is 10.1 Å². The number of hydrogen-bond donors (Lipinski definition) is 1. The highest BCUT2D eigenvalue weighted by Gasteiger charge is 2.21. The molecule has 19 heavy (non-hydrogen) atoms. The number of rotatable bonds is 8. The van der Waals surface area contributed by atoms with Crippen LogP contribution in [0.5, 0.6) is 5.75 Å². The molecule has 0 heterocycles. The zero-order valence-corrected chi connectivity index (χ0v) is 12.0. The summed E-state index contributed by atoms with van der Waals surface area (Å²) in [6.07, 6.45) is 0.802. The summed E-state index contributed by atoms with van der Waals surface area (Å²) in [6.45, 7) is 4.39. The zero-order valence-electron chi connectivity index (χ0n) is 11.2. The highest BCUT2D eigenvalue weighted by Crippen LogP contribution is 2.37. The van der Waals surface area contributed by atoms with E-state index in [4.69, 9.17) is 9.84 Å². The van der Waals surface area contributed by atoms with Gasteiger partial charge in [-0.15, -0.1) is 11.8 Å². The summed E-state index contributed by atoms with van der Waals surface area (Å²) in [5.41, 5.74) is 0.0195. The lowest BCUT2D eigenvalue weighted by atomic mass is 10.2. The molecule has 106 valence electrons. The van der Waals surface area contributed by atoms with Gasteiger partial charge in [-0.1, -0.05) is 19.9 Å². The molecule has 0 aliphatic heterocycles. The Morgan fingerprint density at radius 3 is 2.84 bits per heavy atom. The van der Waals surface area contributed by atoms with Crippen molar-refractivity contribution in [2.45, 2.75) is 25.2 Å². The van der Waals surface area contributed by atoms with Gasteiger partial charge in [-0.2, -0.15) is 0 Å². The molecule has 0 aliphatic rings. The highest BCUT2D eigenvalue weighted by molar-refractivity contribution is 7.99. The second kappa shape index (κ2) is 8.01. The van der Waals surface area contributed by atoms with E-state index in [0.717, 1.165) is 6.42 Å². The van der Waals surface area contributed by atoms with Crippen molar-refractivity contribution in [2.24, 2.45) is 5.92 Å². The molecule has 0 saturated carbocycles. The van der Waals surface area contributed by atoms with E-state index in [0.29, 0.717) is 23.0 Å². The number of nitro groups is 1. The number of nitro benzene ring substituents is 1. The van der Waals surface area contributed by atoms with Gasteiger partial charge in [0.2, 0.25) is 0 Å². The largest absolute Gasteiger partial charge is 0.487 e. The van der Waals surface area contributed by atoms with Crippen LogP contribution in [0.25, 0.3) is 0 Å². The molecule has 0 fully saturated rings. The Hall–Kier alpha value is -1.27. The maximum atomic E-state index is 11.2. The topological polar surface area (TPSA) is 72.6 Å². The summed E-state index contributed by atoms with van der Waals surface area (Å²) < 4.78 is 5.42. The van der Waals surface area contributed by atoms with Crippen molar-refractivity contribution in [3.63, 3.8) is 0 Å². The van der Waals surface area contributed by atoms with E-state index >= 15 is 0 Å². The second-order valence-corrected chi connectivity index (χ2v) is 5.37. The lowest BCUT2D eigenvalue weighted by Crippen LogP contribution is -2.04. The van der Waals surface area contributed by atoms with Crippen molar-refractivity contribution in [3.05, 3.63) is 28.3 Å². The quantitative estimate of drug-likeness (QED) is 0.451. The van der Waals surface area contributed by atoms with Gasteiger partial charge in [-0.25, -0.2) is 0 Å². The van der Waals surface area contributed by atoms with Crippen LogP contribution in [0, 0.1) is 16.0 Å². The SMILES string of the molecule is CCCOc1cccc(SCC(C)CO)c1[N+](=O)[O-]. The molecule has 6 heteroatoms. The fourth-order valence-corrected chi connectivity index (χ4v) is 2.47. The van der Waals surface area contributed by atoms with Gasteiger partial charge in [-0.05, 0) is 24.5 Å². The normalized spacial score (nSPS) is 12.2. The van der Waals surface area contributed by atoms with Crippen LogP contribution < -0.4 is 4.74 Å². The third-order valence-electron chi connectivity index (χ3n) is 2.44. The summed E-state index contributed by atoms with van der Waals surface area (Å²) in [5.74, 6) is 1.05. The lowest BCUT2D eigenvalue weighted by molar-refractivity contribution is -0.388. The first kappa shape index (κ1) is 15.8. The van der Waals surface area contributed by atoms with Crippen LogP contribution in [0.1, 0.15) is 20.3 Å². The summed E-state index contributed by atoms with van der Waals surface area (Å²) in [6, 6.07) is 5.09. The number of ether oxygens (including phenoxy) is 1. The molecular weight excluding hydrogens is 266 g/mol. The van der Waals surface area contributed by atoms with Crippen LogP contribution in [0.2, 0.25) is 0 Å². The Morgan fingerprint density at radius 2 is 2.26 bits per heavy atom. The first-order valence-corrected chi connectivity index (χ1v) is 7.22. The molecule has 0 bridgehead atoms. The van der Waals surface area contributed by atoms with E-state index in [1.807, 2.05) is 13.8 Å². The molecule has 0 radical (unpaired) electrons. The van der Waals surface area contributed by atoms with Gasteiger partial charge in [0.1, 0.15) is 0 Å². The van der Waals surface area contributed by atoms with Gasteiger partial charge in [0, 0.05) is 12.4 Å². The van der Waals surface area contributed by atoms with Crippen LogP contribution in [0.4, 0.5) is 5.69 Å². The van der Waals surface area contributed by atoms with Crippen molar-refractivity contribution in [2.75, 3.05) is 19.0 Å². The van der Waals surface area contributed by atoms with Crippen molar-refractivity contribution in [3.8, 4) is 5.75 Å². The molecule has 1 rings (SSSR count). The molecular formula is C13H19NO4S. The molecule has 0 amide bonds. The summed E-state index contributed by atoms with van der Waals surface area (Å²) in [7, 11) is 0. The monoisotopic (exact) mass is 285 g/mol.